The fraction of sp³-hybridized carbons (Fsp3) is 0.571. The van der Waals surface area contributed by atoms with Gasteiger partial charge in [0.15, 0.2) is 5.78 Å². The third-order valence-electron chi connectivity index (χ3n) is 4.36. The Hall–Kier alpha value is -1.10. The topological polar surface area (TPSA) is 30.0 Å². The van der Waals surface area contributed by atoms with Gasteiger partial charge in [0.05, 0.1) is 5.56 Å². The van der Waals surface area contributed by atoms with Crippen molar-refractivity contribution in [3.05, 3.63) is 28.5 Å². The summed E-state index contributed by atoms with van der Waals surface area (Å²) in [6.45, 7) is 0. The number of fused-ring (bicyclic) bond motifs is 1. The standard InChI is InChI=1S/C14H13ClF3NO/c15-13-9(5-6-10(19-13)14(16,17)18)12(20)11-7-3-1-2-4-8(7)11/h5-8,11H,1-4H2. The smallest absolute Gasteiger partial charge is 0.294 e. The molecule has 3 rings (SSSR count). The summed E-state index contributed by atoms with van der Waals surface area (Å²) in [4.78, 5) is 15.7. The number of pyridine rings is 1. The highest BCUT2D eigenvalue weighted by molar-refractivity contribution is 6.33. The van der Waals surface area contributed by atoms with Gasteiger partial charge >= 0.3 is 6.18 Å². The molecule has 6 heteroatoms. The van der Waals surface area contributed by atoms with E-state index in [2.05, 4.69) is 4.98 Å². The largest absolute Gasteiger partial charge is 0.433 e. The molecule has 0 spiro atoms. The van der Waals surface area contributed by atoms with Crippen LogP contribution < -0.4 is 0 Å². The van der Waals surface area contributed by atoms with Crippen LogP contribution in [0, 0.1) is 17.8 Å². The van der Waals surface area contributed by atoms with Crippen LogP contribution in [0.4, 0.5) is 13.2 Å². The predicted octanol–water partition coefficient (Wildman–Crippen LogP) is 4.37. The van der Waals surface area contributed by atoms with Crippen LogP contribution in [0.15, 0.2) is 12.1 Å². The van der Waals surface area contributed by atoms with Crippen LogP contribution in [-0.4, -0.2) is 10.8 Å². The molecule has 2 aliphatic carbocycles. The summed E-state index contributed by atoms with van der Waals surface area (Å²) >= 11 is 5.77. The Labute approximate surface area is 119 Å². The lowest BCUT2D eigenvalue weighted by atomic mass is 10.0. The molecule has 0 amide bonds. The second kappa shape index (κ2) is 4.72. The van der Waals surface area contributed by atoms with Crippen molar-refractivity contribution in [3.63, 3.8) is 0 Å². The van der Waals surface area contributed by atoms with Crippen molar-refractivity contribution in [3.8, 4) is 0 Å². The van der Waals surface area contributed by atoms with E-state index in [4.69, 9.17) is 11.6 Å². The van der Waals surface area contributed by atoms with Gasteiger partial charge in [-0.05, 0) is 36.8 Å². The van der Waals surface area contributed by atoms with Gasteiger partial charge in [0.2, 0.25) is 0 Å². The van der Waals surface area contributed by atoms with Gasteiger partial charge in [-0.1, -0.05) is 24.4 Å². The first-order valence-electron chi connectivity index (χ1n) is 6.67. The molecule has 0 saturated heterocycles. The molecule has 0 aromatic carbocycles. The molecule has 0 bridgehead atoms. The van der Waals surface area contributed by atoms with Crippen LogP contribution >= 0.6 is 11.6 Å². The van der Waals surface area contributed by atoms with Crippen molar-refractivity contribution in [2.75, 3.05) is 0 Å². The normalized spacial score (nSPS) is 28.9. The van der Waals surface area contributed by atoms with Gasteiger partial charge in [-0.25, -0.2) is 4.98 Å². The number of Topliss-reactive ketones (excluding diaryl/α,β-unsaturated/α-hetero) is 1. The van der Waals surface area contributed by atoms with E-state index in [1.807, 2.05) is 0 Å². The van der Waals surface area contributed by atoms with E-state index < -0.39 is 11.9 Å². The summed E-state index contributed by atoms with van der Waals surface area (Å²) in [7, 11) is 0. The zero-order chi connectivity index (χ0) is 14.5. The van der Waals surface area contributed by atoms with E-state index in [-0.39, 0.29) is 22.4 Å². The first-order valence-corrected chi connectivity index (χ1v) is 7.05. The molecule has 0 radical (unpaired) electrons. The number of halogens is 4. The molecule has 2 unspecified atom stereocenters. The first kappa shape index (κ1) is 13.9. The van der Waals surface area contributed by atoms with Gasteiger partial charge in [0.25, 0.3) is 0 Å². The number of hydrogen-bond donors (Lipinski definition) is 0. The SMILES string of the molecule is O=C(c1ccc(C(F)(F)F)nc1Cl)C1C2CCCCC21. The maximum absolute atomic E-state index is 12.5. The Kier molecular flexibility index (Phi) is 3.27. The lowest BCUT2D eigenvalue weighted by molar-refractivity contribution is -0.141. The first-order chi connectivity index (χ1) is 9.39. The number of aromatic nitrogens is 1. The van der Waals surface area contributed by atoms with Gasteiger partial charge < -0.3 is 0 Å². The van der Waals surface area contributed by atoms with E-state index in [1.54, 1.807) is 0 Å². The van der Waals surface area contributed by atoms with Crippen LogP contribution in [0.3, 0.4) is 0 Å². The monoisotopic (exact) mass is 303 g/mol. The van der Waals surface area contributed by atoms with Crippen LogP contribution in [0.5, 0.6) is 0 Å². The maximum Gasteiger partial charge on any atom is 0.433 e. The number of hydrogen-bond acceptors (Lipinski definition) is 2. The molecule has 2 aliphatic rings. The van der Waals surface area contributed by atoms with Crippen LogP contribution in [0.1, 0.15) is 41.7 Å². The van der Waals surface area contributed by atoms with Crippen molar-refractivity contribution in [2.45, 2.75) is 31.9 Å². The van der Waals surface area contributed by atoms with Crippen molar-refractivity contribution in [2.24, 2.45) is 17.8 Å². The Morgan fingerprint density at radius 2 is 1.80 bits per heavy atom. The zero-order valence-electron chi connectivity index (χ0n) is 10.6. The molecule has 108 valence electrons. The van der Waals surface area contributed by atoms with Crippen molar-refractivity contribution in [1.29, 1.82) is 0 Å². The van der Waals surface area contributed by atoms with E-state index in [9.17, 15) is 18.0 Å². The minimum Gasteiger partial charge on any atom is -0.294 e. The van der Waals surface area contributed by atoms with Crippen molar-refractivity contribution < 1.29 is 18.0 Å². The van der Waals surface area contributed by atoms with Gasteiger partial charge in [0, 0.05) is 5.92 Å². The van der Waals surface area contributed by atoms with Crippen molar-refractivity contribution in [1.82, 2.24) is 4.98 Å². The molecule has 1 aromatic heterocycles. The van der Waals surface area contributed by atoms with Crippen LogP contribution in [0.25, 0.3) is 0 Å². The number of ketones is 1. The molecular weight excluding hydrogens is 291 g/mol. The van der Waals surface area contributed by atoms with E-state index >= 15 is 0 Å². The lowest BCUT2D eigenvalue weighted by Crippen LogP contribution is -2.11. The molecule has 1 heterocycles. The number of nitrogens with zero attached hydrogens (tertiary/aromatic N) is 1. The fourth-order valence-electron chi connectivity index (χ4n) is 3.34. The third kappa shape index (κ3) is 2.32. The molecule has 2 nitrogen and oxygen atoms in total. The molecule has 20 heavy (non-hydrogen) atoms. The zero-order valence-corrected chi connectivity index (χ0v) is 11.3. The highest BCUT2D eigenvalue weighted by Gasteiger charge is 2.54. The molecule has 2 saturated carbocycles. The molecule has 2 atom stereocenters. The van der Waals surface area contributed by atoms with Gasteiger partial charge in [0.1, 0.15) is 10.8 Å². The second-order valence-electron chi connectivity index (χ2n) is 5.53. The predicted molar refractivity (Wildman–Crippen MR) is 67.5 cm³/mol. The van der Waals surface area contributed by atoms with Gasteiger partial charge in [-0.3, -0.25) is 4.79 Å². The quantitative estimate of drug-likeness (QED) is 0.600. The molecule has 0 N–H and O–H groups in total. The van der Waals surface area contributed by atoms with E-state index in [0.29, 0.717) is 11.8 Å². The Morgan fingerprint density at radius 1 is 1.20 bits per heavy atom. The maximum atomic E-state index is 12.5. The molecule has 1 aromatic rings. The fourth-order valence-corrected chi connectivity index (χ4v) is 3.58. The summed E-state index contributed by atoms with van der Waals surface area (Å²) in [5.41, 5.74) is -0.939. The van der Waals surface area contributed by atoms with Gasteiger partial charge in [-0.2, -0.15) is 13.2 Å². The number of rotatable bonds is 2. The highest BCUT2D eigenvalue weighted by Crippen LogP contribution is 2.56. The number of carbonyl (C=O) groups excluding carboxylic acids is 1. The van der Waals surface area contributed by atoms with Crippen LogP contribution in [0.2, 0.25) is 5.15 Å². The summed E-state index contributed by atoms with van der Waals surface area (Å²) < 4.78 is 37.5. The lowest BCUT2D eigenvalue weighted by Gasteiger charge is -2.08. The number of carbonyl (C=O) groups is 1. The van der Waals surface area contributed by atoms with Crippen molar-refractivity contribution >= 4 is 17.4 Å². The summed E-state index contributed by atoms with van der Waals surface area (Å²) in [5.74, 6) is 0.589. The molecule has 2 fully saturated rings. The minimum absolute atomic E-state index is 0.0615. The summed E-state index contributed by atoms with van der Waals surface area (Å²) in [5, 5.41) is -0.339. The second-order valence-corrected chi connectivity index (χ2v) is 5.89. The Morgan fingerprint density at radius 3 is 2.30 bits per heavy atom. The summed E-state index contributed by atoms with van der Waals surface area (Å²) in [6.07, 6.45) is -0.216. The third-order valence-corrected chi connectivity index (χ3v) is 4.65. The highest BCUT2D eigenvalue weighted by atomic mass is 35.5. The van der Waals surface area contributed by atoms with E-state index in [1.165, 1.54) is 0 Å². The van der Waals surface area contributed by atoms with Crippen LogP contribution in [-0.2, 0) is 6.18 Å². The molecular formula is C14H13ClF3NO. The number of alkyl halides is 3. The Bertz CT molecular complexity index is 546. The molecule has 0 aliphatic heterocycles. The minimum atomic E-state index is -4.54. The average molecular weight is 304 g/mol. The Balaban J connectivity index is 1.82. The van der Waals surface area contributed by atoms with E-state index in [0.717, 1.165) is 37.8 Å². The van der Waals surface area contributed by atoms with Gasteiger partial charge in [-0.15, -0.1) is 0 Å². The summed E-state index contributed by atoms with van der Waals surface area (Å²) in [6, 6.07) is 1.98. The average Bonchev–Trinajstić information content (AvgIpc) is 3.11.